The molecule has 1 aromatic carbocycles. The topological polar surface area (TPSA) is 83.4 Å². The van der Waals surface area contributed by atoms with E-state index in [1.54, 1.807) is 0 Å². The zero-order chi connectivity index (χ0) is 15.0. The lowest BCUT2D eigenvalue weighted by atomic mass is 9.87. The van der Waals surface area contributed by atoms with E-state index in [-0.39, 0.29) is 17.6 Å². The molecule has 0 aliphatic carbocycles. The van der Waals surface area contributed by atoms with Crippen LogP contribution in [0.4, 0.5) is 0 Å². The molecule has 112 valence electrons. The third-order valence-corrected chi connectivity index (χ3v) is 3.45. The van der Waals surface area contributed by atoms with E-state index in [4.69, 9.17) is 19.7 Å². The number of nitrogens with zero attached hydrogens (tertiary/aromatic N) is 2. The average molecular weight is 289 g/mol. The molecule has 6 heteroatoms. The first-order valence-corrected chi connectivity index (χ1v) is 6.93. The summed E-state index contributed by atoms with van der Waals surface area (Å²) < 4.78 is 16.8. The SMILES string of the molecule is CC(C)(C)[C@@H](N)c1nc(C2COc3ccccc3O2)no1. The largest absolute Gasteiger partial charge is 0.485 e. The number of nitrogens with two attached hydrogens (primary N) is 1. The van der Waals surface area contributed by atoms with Crippen molar-refractivity contribution in [1.29, 1.82) is 0 Å². The van der Waals surface area contributed by atoms with Gasteiger partial charge in [0, 0.05) is 0 Å². The number of hydrogen-bond donors (Lipinski definition) is 1. The first-order chi connectivity index (χ1) is 9.95. The molecule has 0 saturated carbocycles. The maximum Gasteiger partial charge on any atom is 0.244 e. The van der Waals surface area contributed by atoms with Crippen LogP contribution in [-0.2, 0) is 0 Å². The zero-order valence-corrected chi connectivity index (χ0v) is 12.4. The Hall–Kier alpha value is -2.08. The van der Waals surface area contributed by atoms with E-state index in [0.29, 0.717) is 24.1 Å². The number of ether oxygens (including phenoxy) is 2. The van der Waals surface area contributed by atoms with Gasteiger partial charge in [0.05, 0.1) is 6.04 Å². The Labute approximate surface area is 123 Å². The first-order valence-electron chi connectivity index (χ1n) is 6.93. The molecule has 1 aromatic heterocycles. The van der Waals surface area contributed by atoms with Gasteiger partial charge in [-0.3, -0.25) is 0 Å². The predicted molar refractivity (Wildman–Crippen MR) is 76.0 cm³/mol. The van der Waals surface area contributed by atoms with E-state index in [1.807, 2.05) is 45.0 Å². The van der Waals surface area contributed by atoms with Crippen LogP contribution in [0.15, 0.2) is 28.8 Å². The van der Waals surface area contributed by atoms with Crippen LogP contribution in [0.2, 0.25) is 0 Å². The van der Waals surface area contributed by atoms with Gasteiger partial charge in [0.15, 0.2) is 17.6 Å². The van der Waals surface area contributed by atoms with Gasteiger partial charge >= 0.3 is 0 Å². The lowest BCUT2D eigenvalue weighted by molar-refractivity contribution is 0.0832. The lowest BCUT2D eigenvalue weighted by Gasteiger charge is -2.24. The van der Waals surface area contributed by atoms with Crippen molar-refractivity contribution in [3.05, 3.63) is 36.0 Å². The molecule has 2 atom stereocenters. The highest BCUT2D eigenvalue weighted by Gasteiger charge is 2.31. The molecule has 21 heavy (non-hydrogen) atoms. The molecule has 2 heterocycles. The number of rotatable bonds is 2. The highest BCUT2D eigenvalue weighted by atomic mass is 16.6. The first kappa shape index (κ1) is 13.9. The normalized spacial score (nSPS) is 19.3. The summed E-state index contributed by atoms with van der Waals surface area (Å²) >= 11 is 0. The van der Waals surface area contributed by atoms with E-state index in [2.05, 4.69) is 10.1 Å². The molecular weight excluding hydrogens is 270 g/mol. The van der Waals surface area contributed by atoms with E-state index in [1.165, 1.54) is 0 Å². The molecule has 0 amide bonds. The zero-order valence-electron chi connectivity index (χ0n) is 12.4. The Bertz CT molecular complexity index is 633. The van der Waals surface area contributed by atoms with Crippen LogP contribution in [0.1, 0.15) is 44.6 Å². The fourth-order valence-electron chi connectivity index (χ4n) is 2.02. The average Bonchev–Trinajstić information content (AvgIpc) is 2.94. The summed E-state index contributed by atoms with van der Waals surface area (Å²) in [6, 6.07) is 7.18. The third-order valence-electron chi connectivity index (χ3n) is 3.45. The van der Waals surface area contributed by atoms with Crippen LogP contribution in [-0.4, -0.2) is 16.7 Å². The van der Waals surface area contributed by atoms with Gasteiger partial charge in [0.2, 0.25) is 11.7 Å². The van der Waals surface area contributed by atoms with Crippen LogP contribution < -0.4 is 15.2 Å². The molecule has 6 nitrogen and oxygen atoms in total. The Morgan fingerprint density at radius 3 is 2.67 bits per heavy atom. The van der Waals surface area contributed by atoms with E-state index in [9.17, 15) is 0 Å². The van der Waals surface area contributed by atoms with Crippen LogP contribution in [0.3, 0.4) is 0 Å². The minimum atomic E-state index is -0.385. The van der Waals surface area contributed by atoms with Crippen molar-refractivity contribution in [2.45, 2.75) is 32.9 Å². The number of para-hydroxylation sites is 2. The minimum absolute atomic E-state index is 0.152. The second-order valence-electron chi connectivity index (χ2n) is 6.20. The summed E-state index contributed by atoms with van der Waals surface area (Å²) in [4.78, 5) is 4.37. The van der Waals surface area contributed by atoms with Gasteiger partial charge in [-0.25, -0.2) is 0 Å². The Balaban J connectivity index is 1.79. The monoisotopic (exact) mass is 289 g/mol. The molecule has 1 unspecified atom stereocenters. The Kier molecular flexibility index (Phi) is 3.33. The number of fused-ring (bicyclic) bond motifs is 1. The number of benzene rings is 1. The maximum atomic E-state index is 6.12. The summed E-state index contributed by atoms with van der Waals surface area (Å²) in [5.74, 6) is 2.28. The summed E-state index contributed by atoms with van der Waals surface area (Å²) in [5.41, 5.74) is 5.97. The second kappa shape index (κ2) is 5.04. The fourth-order valence-corrected chi connectivity index (χ4v) is 2.02. The third kappa shape index (κ3) is 2.71. The highest BCUT2D eigenvalue weighted by Crippen LogP contribution is 2.36. The van der Waals surface area contributed by atoms with Gasteiger partial charge in [-0.15, -0.1) is 0 Å². The smallest absolute Gasteiger partial charge is 0.244 e. The summed E-state index contributed by atoms with van der Waals surface area (Å²) in [5, 5.41) is 3.98. The molecule has 1 aliphatic heterocycles. The molecule has 0 saturated heterocycles. The van der Waals surface area contributed by atoms with Gasteiger partial charge in [0.25, 0.3) is 0 Å². The summed E-state index contributed by atoms with van der Waals surface area (Å²) in [7, 11) is 0. The fraction of sp³-hybridized carbons (Fsp3) is 0.467. The van der Waals surface area contributed by atoms with Gasteiger partial charge in [-0.2, -0.15) is 4.98 Å². The van der Waals surface area contributed by atoms with Crippen molar-refractivity contribution in [3.8, 4) is 11.5 Å². The number of aromatic nitrogens is 2. The summed E-state index contributed by atoms with van der Waals surface area (Å²) in [6.45, 7) is 6.43. The van der Waals surface area contributed by atoms with Crippen molar-refractivity contribution < 1.29 is 14.0 Å². The van der Waals surface area contributed by atoms with Crippen molar-refractivity contribution in [3.63, 3.8) is 0 Å². The number of hydrogen-bond acceptors (Lipinski definition) is 6. The van der Waals surface area contributed by atoms with Crippen LogP contribution in [0, 0.1) is 5.41 Å². The minimum Gasteiger partial charge on any atom is -0.485 e. The van der Waals surface area contributed by atoms with Crippen molar-refractivity contribution in [2.75, 3.05) is 6.61 Å². The van der Waals surface area contributed by atoms with E-state index in [0.717, 1.165) is 5.75 Å². The molecule has 0 radical (unpaired) electrons. The van der Waals surface area contributed by atoms with Crippen molar-refractivity contribution >= 4 is 0 Å². The van der Waals surface area contributed by atoms with Gasteiger partial charge in [0.1, 0.15) is 6.61 Å². The van der Waals surface area contributed by atoms with Crippen molar-refractivity contribution in [1.82, 2.24) is 10.1 Å². The molecule has 1 aliphatic rings. The molecule has 0 spiro atoms. The van der Waals surface area contributed by atoms with Crippen LogP contribution in [0.25, 0.3) is 0 Å². The molecule has 3 rings (SSSR count). The van der Waals surface area contributed by atoms with E-state index < -0.39 is 0 Å². The highest BCUT2D eigenvalue weighted by molar-refractivity contribution is 5.40. The maximum absolute atomic E-state index is 6.12. The predicted octanol–water partition coefficient (Wildman–Crippen LogP) is 2.63. The van der Waals surface area contributed by atoms with Gasteiger partial charge in [-0.05, 0) is 17.5 Å². The van der Waals surface area contributed by atoms with Crippen LogP contribution in [0.5, 0.6) is 11.5 Å². The van der Waals surface area contributed by atoms with Crippen molar-refractivity contribution in [2.24, 2.45) is 11.1 Å². The lowest BCUT2D eigenvalue weighted by Crippen LogP contribution is -2.27. The second-order valence-corrected chi connectivity index (χ2v) is 6.20. The molecule has 0 fully saturated rings. The molecular formula is C15H19N3O3. The van der Waals surface area contributed by atoms with Gasteiger partial charge in [-0.1, -0.05) is 38.1 Å². The molecule has 2 N–H and O–H groups in total. The quantitative estimate of drug-likeness (QED) is 0.915. The molecule has 2 aromatic rings. The Morgan fingerprint density at radius 2 is 1.95 bits per heavy atom. The Morgan fingerprint density at radius 1 is 1.24 bits per heavy atom. The van der Waals surface area contributed by atoms with E-state index >= 15 is 0 Å². The molecule has 0 bridgehead atoms. The van der Waals surface area contributed by atoms with Crippen LogP contribution >= 0.6 is 0 Å². The van der Waals surface area contributed by atoms with Gasteiger partial charge < -0.3 is 19.7 Å². The standard InChI is InChI=1S/C15H19N3O3/c1-15(2,3)12(16)14-17-13(18-21-14)11-8-19-9-6-4-5-7-10(9)20-11/h4-7,11-12H,8,16H2,1-3H3/t11?,12-/m0/s1. The summed E-state index contributed by atoms with van der Waals surface area (Å²) in [6.07, 6.45) is -0.385.